The molecule has 1 heterocycles. The summed E-state index contributed by atoms with van der Waals surface area (Å²) in [6.45, 7) is 8.29. The fraction of sp³-hybridized carbons (Fsp3) is 0.632. The van der Waals surface area contributed by atoms with E-state index >= 15 is 0 Å². The van der Waals surface area contributed by atoms with Crippen LogP contribution in [0.3, 0.4) is 0 Å². The van der Waals surface area contributed by atoms with E-state index in [2.05, 4.69) is 24.1 Å². The van der Waals surface area contributed by atoms with Gasteiger partial charge in [0.25, 0.3) is 0 Å². The summed E-state index contributed by atoms with van der Waals surface area (Å²) in [5.41, 5.74) is 3.30. The first-order chi connectivity index (χ1) is 11.0. The predicted octanol–water partition coefficient (Wildman–Crippen LogP) is 3.11. The molecule has 128 valence electrons. The first kappa shape index (κ1) is 18.0. The summed E-state index contributed by atoms with van der Waals surface area (Å²) in [5, 5.41) is 12.1. The summed E-state index contributed by atoms with van der Waals surface area (Å²) in [7, 11) is 0. The molecule has 1 amide bonds. The molecule has 0 aliphatic carbocycles. The van der Waals surface area contributed by atoms with Crippen molar-refractivity contribution in [2.75, 3.05) is 25.0 Å². The van der Waals surface area contributed by atoms with Crippen molar-refractivity contribution in [2.24, 2.45) is 5.92 Å². The number of carbonyl (C=O) groups excluding carboxylic acids is 1. The van der Waals surface area contributed by atoms with Gasteiger partial charge in [0.1, 0.15) is 0 Å². The van der Waals surface area contributed by atoms with Crippen LogP contribution in [0, 0.1) is 19.8 Å². The lowest BCUT2D eigenvalue weighted by molar-refractivity contribution is -0.120. The molecule has 2 atom stereocenters. The Morgan fingerprint density at radius 1 is 1.30 bits per heavy atom. The average Bonchev–Trinajstić information content (AvgIpc) is 2.76. The van der Waals surface area contributed by atoms with Crippen LogP contribution in [0.25, 0.3) is 0 Å². The minimum absolute atomic E-state index is 0.0638. The van der Waals surface area contributed by atoms with Gasteiger partial charge in [-0.15, -0.1) is 0 Å². The van der Waals surface area contributed by atoms with Crippen LogP contribution in [-0.4, -0.2) is 41.7 Å². The van der Waals surface area contributed by atoms with Crippen LogP contribution >= 0.6 is 0 Å². The summed E-state index contributed by atoms with van der Waals surface area (Å²) in [6.07, 6.45) is 4.22. The van der Waals surface area contributed by atoms with E-state index < -0.39 is 0 Å². The van der Waals surface area contributed by atoms with Crippen molar-refractivity contribution in [2.45, 2.75) is 52.5 Å². The van der Waals surface area contributed by atoms with E-state index in [1.165, 1.54) is 11.1 Å². The molecule has 0 saturated carbocycles. The summed E-state index contributed by atoms with van der Waals surface area (Å²) in [5.74, 6) is 0.661. The van der Waals surface area contributed by atoms with E-state index in [-0.39, 0.29) is 18.6 Å². The van der Waals surface area contributed by atoms with Crippen LogP contribution in [0.2, 0.25) is 0 Å². The highest BCUT2D eigenvalue weighted by atomic mass is 16.3. The van der Waals surface area contributed by atoms with Gasteiger partial charge in [-0.2, -0.15) is 0 Å². The van der Waals surface area contributed by atoms with E-state index in [1.54, 1.807) is 0 Å². The molecule has 1 aromatic carbocycles. The molecule has 4 nitrogen and oxygen atoms in total. The first-order valence-electron chi connectivity index (χ1n) is 8.74. The van der Waals surface area contributed by atoms with Crippen molar-refractivity contribution >= 4 is 11.6 Å². The van der Waals surface area contributed by atoms with Crippen LogP contribution < -0.4 is 5.32 Å². The first-order valence-corrected chi connectivity index (χ1v) is 8.74. The second-order valence-electron chi connectivity index (χ2n) is 6.81. The predicted molar refractivity (Wildman–Crippen MR) is 94.6 cm³/mol. The number of carbonyl (C=O) groups is 1. The van der Waals surface area contributed by atoms with Gasteiger partial charge in [-0.3, -0.25) is 9.69 Å². The molecule has 1 aromatic rings. The Morgan fingerprint density at radius 2 is 2.09 bits per heavy atom. The van der Waals surface area contributed by atoms with Crippen LogP contribution in [0.1, 0.15) is 43.7 Å². The summed E-state index contributed by atoms with van der Waals surface area (Å²) in [4.78, 5) is 14.8. The average molecular weight is 318 g/mol. The molecule has 23 heavy (non-hydrogen) atoms. The molecule has 2 unspecified atom stereocenters. The Balaban J connectivity index is 1.92. The molecule has 2 N–H and O–H groups in total. The van der Waals surface area contributed by atoms with E-state index in [4.69, 9.17) is 5.11 Å². The van der Waals surface area contributed by atoms with Gasteiger partial charge in [-0.1, -0.05) is 6.07 Å². The number of amides is 1. The zero-order valence-corrected chi connectivity index (χ0v) is 14.6. The lowest BCUT2D eigenvalue weighted by Gasteiger charge is -2.27. The fourth-order valence-electron chi connectivity index (χ4n) is 3.28. The van der Waals surface area contributed by atoms with E-state index in [1.807, 2.05) is 25.1 Å². The SMILES string of the molecule is Cc1ccc(NC(=O)C(C)N2CCCC(CCO)CC2)cc1C. The Hall–Kier alpha value is -1.39. The third-order valence-electron chi connectivity index (χ3n) is 5.12. The molecule has 0 aromatic heterocycles. The lowest BCUT2D eigenvalue weighted by Crippen LogP contribution is -2.42. The fourth-order valence-corrected chi connectivity index (χ4v) is 3.28. The van der Waals surface area contributed by atoms with Crippen LogP contribution in [0.5, 0.6) is 0 Å². The monoisotopic (exact) mass is 318 g/mol. The highest BCUT2D eigenvalue weighted by Gasteiger charge is 2.24. The van der Waals surface area contributed by atoms with Gasteiger partial charge >= 0.3 is 0 Å². The molecule has 2 rings (SSSR count). The minimum atomic E-state index is -0.121. The highest BCUT2D eigenvalue weighted by molar-refractivity contribution is 5.94. The van der Waals surface area contributed by atoms with E-state index in [9.17, 15) is 4.79 Å². The van der Waals surface area contributed by atoms with Gasteiger partial charge in [0, 0.05) is 12.3 Å². The number of anilines is 1. The van der Waals surface area contributed by atoms with Crippen molar-refractivity contribution in [3.63, 3.8) is 0 Å². The number of rotatable bonds is 5. The standard InChI is InChI=1S/C19H30N2O2/c1-14-6-7-18(13-15(14)2)20-19(23)16(3)21-10-4-5-17(8-11-21)9-12-22/h6-7,13,16-17,22H,4-5,8-12H2,1-3H3,(H,20,23). The van der Waals surface area contributed by atoms with Gasteiger partial charge in [0.15, 0.2) is 0 Å². The number of benzene rings is 1. The maximum atomic E-state index is 12.5. The molecular weight excluding hydrogens is 288 g/mol. The normalized spacial score (nSPS) is 20.8. The molecule has 4 heteroatoms. The topological polar surface area (TPSA) is 52.6 Å². The Bertz CT molecular complexity index is 530. The quantitative estimate of drug-likeness (QED) is 0.877. The maximum absolute atomic E-state index is 12.5. The van der Waals surface area contributed by atoms with E-state index in [0.29, 0.717) is 5.92 Å². The molecule has 1 aliphatic rings. The van der Waals surface area contributed by atoms with Gasteiger partial charge in [0.05, 0.1) is 6.04 Å². The van der Waals surface area contributed by atoms with Crippen molar-refractivity contribution in [1.82, 2.24) is 4.90 Å². The maximum Gasteiger partial charge on any atom is 0.241 e. The third-order valence-corrected chi connectivity index (χ3v) is 5.12. The Kier molecular flexibility index (Phi) is 6.60. The van der Waals surface area contributed by atoms with Crippen LogP contribution in [0.4, 0.5) is 5.69 Å². The number of aryl methyl sites for hydroxylation is 2. The largest absolute Gasteiger partial charge is 0.396 e. The van der Waals surface area contributed by atoms with Crippen molar-refractivity contribution in [3.8, 4) is 0 Å². The molecule has 0 radical (unpaired) electrons. The van der Waals surface area contributed by atoms with Gasteiger partial charge in [-0.25, -0.2) is 0 Å². The second-order valence-corrected chi connectivity index (χ2v) is 6.81. The highest BCUT2D eigenvalue weighted by Crippen LogP contribution is 2.22. The second kappa shape index (κ2) is 8.46. The zero-order chi connectivity index (χ0) is 16.8. The Labute approximate surface area is 139 Å². The van der Waals surface area contributed by atoms with Crippen LogP contribution in [0.15, 0.2) is 18.2 Å². The van der Waals surface area contributed by atoms with Crippen molar-refractivity contribution in [3.05, 3.63) is 29.3 Å². The Morgan fingerprint density at radius 3 is 2.78 bits per heavy atom. The lowest BCUT2D eigenvalue weighted by atomic mass is 9.98. The number of aliphatic hydroxyl groups is 1. The smallest absolute Gasteiger partial charge is 0.241 e. The molecule has 0 spiro atoms. The van der Waals surface area contributed by atoms with Gasteiger partial charge in [-0.05, 0) is 88.7 Å². The molecule has 0 bridgehead atoms. The summed E-state index contributed by atoms with van der Waals surface area (Å²) in [6, 6.07) is 5.91. The number of aliphatic hydroxyl groups excluding tert-OH is 1. The zero-order valence-electron chi connectivity index (χ0n) is 14.6. The van der Waals surface area contributed by atoms with Gasteiger partial charge in [0.2, 0.25) is 5.91 Å². The molecule has 1 fully saturated rings. The molecule has 1 aliphatic heterocycles. The summed E-state index contributed by atoms with van der Waals surface area (Å²) >= 11 is 0. The third kappa shape index (κ3) is 5.05. The van der Waals surface area contributed by atoms with Crippen molar-refractivity contribution < 1.29 is 9.90 Å². The molecular formula is C19H30N2O2. The number of nitrogens with one attached hydrogen (secondary N) is 1. The van der Waals surface area contributed by atoms with Gasteiger partial charge < -0.3 is 10.4 Å². The van der Waals surface area contributed by atoms with E-state index in [0.717, 1.165) is 44.5 Å². The number of likely N-dealkylation sites (tertiary alicyclic amines) is 1. The summed E-state index contributed by atoms with van der Waals surface area (Å²) < 4.78 is 0. The molecule has 1 saturated heterocycles. The number of nitrogens with zero attached hydrogens (tertiary/aromatic N) is 1. The van der Waals surface area contributed by atoms with Crippen molar-refractivity contribution in [1.29, 1.82) is 0 Å². The number of hydrogen-bond donors (Lipinski definition) is 2. The minimum Gasteiger partial charge on any atom is -0.396 e. The number of hydrogen-bond acceptors (Lipinski definition) is 3. The van der Waals surface area contributed by atoms with Crippen LogP contribution in [-0.2, 0) is 4.79 Å².